The minimum atomic E-state index is -0.292. The molecule has 144 valence electrons. The second-order valence-corrected chi connectivity index (χ2v) is 6.76. The molecule has 3 aromatic rings. The molecule has 0 unspecified atom stereocenters. The summed E-state index contributed by atoms with van der Waals surface area (Å²) in [4.78, 5) is 12.3. The van der Waals surface area contributed by atoms with E-state index in [1.807, 2.05) is 25.3 Å². The van der Waals surface area contributed by atoms with Crippen molar-refractivity contribution in [3.05, 3.63) is 58.5 Å². The van der Waals surface area contributed by atoms with E-state index in [4.69, 9.17) is 22.0 Å². The lowest BCUT2D eigenvalue weighted by Crippen LogP contribution is -2.36. The number of hydrogen-bond acceptors (Lipinski definition) is 5. The Kier molecular flexibility index (Phi) is 6.09. The van der Waals surface area contributed by atoms with Gasteiger partial charge in [0.2, 0.25) is 0 Å². The van der Waals surface area contributed by atoms with Gasteiger partial charge in [-0.1, -0.05) is 17.7 Å². The molecule has 0 aliphatic heterocycles. The lowest BCUT2D eigenvalue weighted by atomic mass is 10.1. The maximum absolute atomic E-state index is 12.3. The summed E-state index contributed by atoms with van der Waals surface area (Å²) in [5.74, 6) is -0.292. The summed E-state index contributed by atoms with van der Waals surface area (Å²) in [5, 5.41) is 32.3. The Hall–Kier alpha value is -3.15. The van der Waals surface area contributed by atoms with Crippen LogP contribution >= 0.6 is 11.6 Å². The molecule has 0 spiro atoms. The third kappa shape index (κ3) is 4.57. The maximum atomic E-state index is 12.3. The summed E-state index contributed by atoms with van der Waals surface area (Å²) >= 11 is 6.08. The fourth-order valence-electron chi connectivity index (χ4n) is 2.73. The highest BCUT2D eigenvalue weighted by molar-refractivity contribution is 6.32. The van der Waals surface area contributed by atoms with Gasteiger partial charge in [-0.05, 0) is 31.2 Å². The number of halogens is 1. The van der Waals surface area contributed by atoms with Crippen LogP contribution in [0.4, 0.5) is 0 Å². The molecule has 0 aliphatic rings. The third-order valence-electron chi connectivity index (χ3n) is 4.11. The summed E-state index contributed by atoms with van der Waals surface area (Å²) in [5.41, 5.74) is 2.95. The van der Waals surface area contributed by atoms with Crippen molar-refractivity contribution in [3.63, 3.8) is 0 Å². The minimum absolute atomic E-state index is 0.00820. The molecule has 3 N–H and O–H groups in total. The Morgan fingerprint density at radius 3 is 2.96 bits per heavy atom. The summed E-state index contributed by atoms with van der Waals surface area (Å²) in [6.07, 6.45) is 2.24. The van der Waals surface area contributed by atoms with Crippen molar-refractivity contribution in [2.24, 2.45) is 0 Å². The number of hydrogen-bond donors (Lipinski definition) is 3. The van der Waals surface area contributed by atoms with Crippen molar-refractivity contribution in [2.45, 2.75) is 25.9 Å². The number of H-pyrrole nitrogens is 1. The van der Waals surface area contributed by atoms with E-state index in [0.29, 0.717) is 29.2 Å². The first-order valence-electron chi connectivity index (χ1n) is 8.69. The van der Waals surface area contributed by atoms with Crippen molar-refractivity contribution in [3.8, 4) is 17.3 Å². The molecule has 0 radical (unpaired) electrons. The standard InChI is InChI=1S/C19H19ClN6O2/c1-12(22-19(28)18-9-15(5-7-27)23-24-18)11-26-6-4-17(25-26)13-2-3-14(10-21)16(20)8-13/h2-4,6,8-9,12,27H,5,7,11H2,1H3,(H,22,28)(H,23,24)/t12-/m0/s1. The predicted molar refractivity (Wildman–Crippen MR) is 104 cm³/mol. The van der Waals surface area contributed by atoms with Crippen LogP contribution in [0.5, 0.6) is 0 Å². The van der Waals surface area contributed by atoms with Crippen LogP contribution in [-0.2, 0) is 13.0 Å². The third-order valence-corrected chi connectivity index (χ3v) is 4.42. The highest BCUT2D eigenvalue weighted by atomic mass is 35.5. The van der Waals surface area contributed by atoms with Crippen molar-refractivity contribution in [1.82, 2.24) is 25.3 Å². The Bertz CT molecular complexity index is 1020. The number of nitrogens with zero attached hydrogens (tertiary/aromatic N) is 4. The normalized spacial score (nSPS) is 11.8. The Balaban J connectivity index is 1.62. The van der Waals surface area contributed by atoms with Gasteiger partial charge in [-0.2, -0.15) is 15.5 Å². The van der Waals surface area contributed by atoms with Crippen LogP contribution in [0.3, 0.4) is 0 Å². The number of aromatic amines is 1. The number of rotatable bonds is 7. The smallest absolute Gasteiger partial charge is 0.272 e. The molecular weight excluding hydrogens is 380 g/mol. The van der Waals surface area contributed by atoms with Crippen LogP contribution in [0, 0.1) is 11.3 Å². The lowest BCUT2D eigenvalue weighted by Gasteiger charge is -2.13. The molecule has 0 fully saturated rings. The molecule has 0 saturated heterocycles. The van der Waals surface area contributed by atoms with E-state index in [9.17, 15) is 4.79 Å². The monoisotopic (exact) mass is 398 g/mol. The zero-order valence-corrected chi connectivity index (χ0v) is 15.9. The van der Waals surface area contributed by atoms with E-state index >= 15 is 0 Å². The summed E-state index contributed by atoms with van der Waals surface area (Å²) in [7, 11) is 0. The Labute approximate surface area is 166 Å². The van der Waals surface area contributed by atoms with E-state index in [-0.39, 0.29) is 24.2 Å². The molecule has 8 nitrogen and oxygen atoms in total. The van der Waals surface area contributed by atoms with Crippen LogP contribution in [0.15, 0.2) is 36.5 Å². The molecule has 1 atom stereocenters. The quantitative estimate of drug-likeness (QED) is 0.563. The largest absolute Gasteiger partial charge is 0.396 e. The molecule has 2 heterocycles. The van der Waals surface area contributed by atoms with Gasteiger partial charge in [0.05, 0.1) is 22.8 Å². The number of aliphatic hydroxyl groups excluding tert-OH is 1. The number of carbonyl (C=O) groups is 1. The van der Waals surface area contributed by atoms with Crippen LogP contribution in [0.25, 0.3) is 11.3 Å². The van der Waals surface area contributed by atoms with E-state index in [0.717, 1.165) is 11.3 Å². The van der Waals surface area contributed by atoms with Gasteiger partial charge >= 0.3 is 0 Å². The first kappa shape index (κ1) is 19.6. The summed E-state index contributed by atoms with van der Waals surface area (Å²) in [6.45, 7) is 2.34. The van der Waals surface area contributed by atoms with Crippen LogP contribution < -0.4 is 5.32 Å². The van der Waals surface area contributed by atoms with Gasteiger partial charge in [-0.3, -0.25) is 14.6 Å². The van der Waals surface area contributed by atoms with Crippen molar-refractivity contribution in [1.29, 1.82) is 5.26 Å². The zero-order chi connectivity index (χ0) is 20.1. The summed E-state index contributed by atoms with van der Waals surface area (Å²) in [6, 6.07) is 10.5. The molecule has 2 aromatic heterocycles. The number of carbonyl (C=O) groups excluding carboxylic acids is 1. The zero-order valence-electron chi connectivity index (χ0n) is 15.2. The highest BCUT2D eigenvalue weighted by Gasteiger charge is 2.14. The van der Waals surface area contributed by atoms with Crippen molar-refractivity contribution >= 4 is 17.5 Å². The van der Waals surface area contributed by atoms with Gasteiger partial charge in [0.1, 0.15) is 11.8 Å². The second kappa shape index (κ2) is 8.69. The molecule has 0 saturated carbocycles. The number of nitriles is 1. The first-order valence-corrected chi connectivity index (χ1v) is 9.07. The van der Waals surface area contributed by atoms with Gasteiger partial charge in [-0.15, -0.1) is 0 Å². The predicted octanol–water partition coefficient (Wildman–Crippen LogP) is 2.15. The number of benzene rings is 1. The topological polar surface area (TPSA) is 120 Å². The van der Waals surface area contributed by atoms with Gasteiger partial charge in [0.15, 0.2) is 0 Å². The molecule has 0 aliphatic carbocycles. The summed E-state index contributed by atoms with van der Waals surface area (Å²) < 4.78 is 1.73. The lowest BCUT2D eigenvalue weighted by molar-refractivity contribution is 0.0931. The van der Waals surface area contributed by atoms with Gasteiger partial charge in [0.25, 0.3) is 5.91 Å². The number of amides is 1. The maximum Gasteiger partial charge on any atom is 0.272 e. The Morgan fingerprint density at radius 1 is 1.43 bits per heavy atom. The van der Waals surface area contributed by atoms with Gasteiger partial charge in [-0.25, -0.2) is 0 Å². The Morgan fingerprint density at radius 2 is 2.25 bits per heavy atom. The van der Waals surface area contributed by atoms with Gasteiger partial charge < -0.3 is 10.4 Å². The average Bonchev–Trinajstić information content (AvgIpc) is 3.31. The minimum Gasteiger partial charge on any atom is -0.396 e. The number of aliphatic hydroxyl groups is 1. The average molecular weight is 399 g/mol. The SMILES string of the molecule is C[C@@H](Cn1ccc(-c2ccc(C#N)c(Cl)c2)n1)NC(=O)c1cc(CCO)[nH]n1. The van der Waals surface area contributed by atoms with Crippen LogP contribution in [0.2, 0.25) is 5.02 Å². The van der Waals surface area contributed by atoms with E-state index in [1.54, 1.807) is 28.9 Å². The molecule has 3 rings (SSSR count). The van der Waals surface area contributed by atoms with E-state index in [1.165, 1.54) is 0 Å². The second-order valence-electron chi connectivity index (χ2n) is 6.36. The molecule has 28 heavy (non-hydrogen) atoms. The fraction of sp³-hybridized carbons (Fsp3) is 0.263. The van der Waals surface area contributed by atoms with Gasteiger partial charge in [0, 0.05) is 36.5 Å². The molecule has 1 amide bonds. The van der Waals surface area contributed by atoms with Crippen molar-refractivity contribution in [2.75, 3.05) is 6.61 Å². The highest BCUT2D eigenvalue weighted by Crippen LogP contribution is 2.24. The molecule has 0 bridgehead atoms. The number of nitrogens with one attached hydrogen (secondary N) is 2. The molecular formula is C19H19ClN6O2. The number of aromatic nitrogens is 4. The van der Waals surface area contributed by atoms with E-state index < -0.39 is 0 Å². The first-order chi connectivity index (χ1) is 13.5. The fourth-order valence-corrected chi connectivity index (χ4v) is 2.96. The van der Waals surface area contributed by atoms with Crippen molar-refractivity contribution < 1.29 is 9.90 Å². The van der Waals surface area contributed by atoms with Crippen LogP contribution in [-0.4, -0.2) is 43.6 Å². The molecule has 9 heteroatoms. The molecule has 1 aromatic carbocycles. The van der Waals surface area contributed by atoms with E-state index in [2.05, 4.69) is 20.6 Å². The van der Waals surface area contributed by atoms with Crippen LogP contribution in [0.1, 0.15) is 28.7 Å².